The van der Waals surface area contributed by atoms with E-state index in [0.29, 0.717) is 11.4 Å². The summed E-state index contributed by atoms with van der Waals surface area (Å²) in [6, 6.07) is 14.3. The van der Waals surface area contributed by atoms with Crippen LogP contribution in [0.1, 0.15) is 41.0 Å². The molecule has 1 amide bonds. The number of carbonyl (C=O) groups is 1. The maximum atomic E-state index is 13.0. The van der Waals surface area contributed by atoms with E-state index < -0.39 is 26.4 Å². The fraction of sp³-hybridized carbons (Fsp3) is 0.273. The Morgan fingerprint density at radius 3 is 2.32 bits per heavy atom. The lowest BCUT2D eigenvalue weighted by Crippen LogP contribution is -2.15. The lowest BCUT2D eigenvalue weighted by molar-refractivity contribution is 0.102. The van der Waals surface area contributed by atoms with Crippen LogP contribution in [-0.2, 0) is 22.7 Å². The first-order valence-corrected chi connectivity index (χ1v) is 11.5. The Morgan fingerprint density at radius 1 is 0.968 bits per heavy atom. The van der Waals surface area contributed by atoms with Crippen molar-refractivity contribution >= 4 is 21.4 Å². The molecule has 0 atom stereocenters. The number of hydrogen-bond acceptors (Lipinski definition) is 4. The van der Waals surface area contributed by atoms with Crippen LogP contribution in [0.15, 0.2) is 59.5 Å². The molecule has 0 radical (unpaired) electrons. The number of benzene rings is 2. The van der Waals surface area contributed by atoms with Crippen LogP contribution in [0.2, 0.25) is 0 Å². The van der Waals surface area contributed by atoms with Gasteiger partial charge in [0.15, 0.2) is 5.69 Å². The van der Waals surface area contributed by atoms with E-state index in [1.807, 2.05) is 35.0 Å². The molecular formula is C22H21F2N3O3S. The molecule has 0 spiro atoms. The number of rotatable bonds is 5. The number of nitrogens with zero attached hydrogens (tertiary/aromatic N) is 2. The zero-order valence-corrected chi connectivity index (χ0v) is 17.4. The largest absolute Gasteiger partial charge is 0.341 e. The second-order valence-electron chi connectivity index (χ2n) is 7.37. The highest BCUT2D eigenvalue weighted by atomic mass is 32.2. The second-order valence-corrected chi connectivity index (χ2v) is 9.28. The van der Waals surface area contributed by atoms with Gasteiger partial charge in [-0.1, -0.05) is 24.6 Å². The number of amides is 1. The molecule has 0 saturated heterocycles. The van der Waals surface area contributed by atoms with Crippen molar-refractivity contribution in [2.75, 3.05) is 5.32 Å². The van der Waals surface area contributed by atoms with Crippen LogP contribution in [0, 0.1) is 0 Å². The minimum absolute atomic E-state index is 0.301. The van der Waals surface area contributed by atoms with Gasteiger partial charge in [-0.25, -0.2) is 13.1 Å². The number of para-hydroxylation sites is 1. The van der Waals surface area contributed by atoms with E-state index >= 15 is 0 Å². The second kappa shape index (κ2) is 8.58. The molecule has 2 aromatic carbocycles. The van der Waals surface area contributed by atoms with Gasteiger partial charge in [-0.15, -0.1) is 0 Å². The Hall–Kier alpha value is -3.07. The molecule has 0 fully saturated rings. The van der Waals surface area contributed by atoms with Crippen LogP contribution >= 0.6 is 0 Å². The molecule has 162 valence electrons. The molecule has 1 aliphatic carbocycles. The van der Waals surface area contributed by atoms with Crippen molar-refractivity contribution in [1.82, 2.24) is 9.78 Å². The van der Waals surface area contributed by atoms with E-state index in [4.69, 9.17) is 0 Å². The molecule has 0 bridgehead atoms. The highest BCUT2D eigenvalue weighted by Crippen LogP contribution is 2.27. The van der Waals surface area contributed by atoms with Crippen LogP contribution in [0.4, 0.5) is 14.5 Å². The summed E-state index contributed by atoms with van der Waals surface area (Å²) in [4.78, 5) is 12.5. The number of halogens is 2. The number of fused-ring (bicyclic) bond motifs is 1. The van der Waals surface area contributed by atoms with Gasteiger partial charge >= 0.3 is 5.76 Å². The van der Waals surface area contributed by atoms with Crippen LogP contribution in [-0.4, -0.2) is 29.9 Å². The summed E-state index contributed by atoms with van der Waals surface area (Å²) < 4.78 is 50.3. The zero-order valence-electron chi connectivity index (χ0n) is 16.6. The normalized spacial score (nSPS) is 14.2. The van der Waals surface area contributed by atoms with Gasteiger partial charge in [-0.2, -0.15) is 13.9 Å². The monoisotopic (exact) mass is 445 g/mol. The minimum atomic E-state index is -4.68. The Balaban J connectivity index is 1.64. The van der Waals surface area contributed by atoms with Crippen LogP contribution in [0.5, 0.6) is 0 Å². The summed E-state index contributed by atoms with van der Waals surface area (Å²) in [7, 11) is -4.68. The number of anilines is 1. The molecular weight excluding hydrogens is 424 g/mol. The van der Waals surface area contributed by atoms with Crippen molar-refractivity contribution in [3.63, 3.8) is 0 Å². The molecule has 1 aromatic heterocycles. The zero-order chi connectivity index (χ0) is 22.0. The summed E-state index contributed by atoms with van der Waals surface area (Å²) in [5, 5.41) is 7.29. The fourth-order valence-corrected chi connectivity index (χ4v) is 4.48. The number of sulfone groups is 1. The Morgan fingerprint density at radius 2 is 1.65 bits per heavy atom. The average molecular weight is 445 g/mol. The molecule has 0 unspecified atom stereocenters. The molecule has 1 aliphatic rings. The SMILES string of the molecule is O=C(Nc1ccc(S(=O)(=O)C(F)F)cc1)c1nn(-c2ccccc2)c2c1CCCCC2. The van der Waals surface area contributed by atoms with E-state index in [-0.39, 0.29) is 0 Å². The molecule has 0 aliphatic heterocycles. The Kier molecular flexibility index (Phi) is 5.86. The summed E-state index contributed by atoms with van der Waals surface area (Å²) in [6.07, 6.45) is 4.63. The van der Waals surface area contributed by atoms with Gasteiger partial charge < -0.3 is 5.32 Å². The number of nitrogens with one attached hydrogen (secondary N) is 1. The average Bonchev–Trinajstić information content (AvgIpc) is 2.96. The third kappa shape index (κ3) is 4.23. The first-order chi connectivity index (χ1) is 14.9. The van der Waals surface area contributed by atoms with Crippen LogP contribution in [0.3, 0.4) is 0 Å². The molecule has 6 nitrogen and oxygen atoms in total. The fourth-order valence-electron chi connectivity index (χ4n) is 3.76. The number of aromatic nitrogens is 2. The first-order valence-electron chi connectivity index (χ1n) is 9.97. The third-order valence-corrected chi connectivity index (χ3v) is 6.72. The smallest absolute Gasteiger partial charge is 0.321 e. The summed E-state index contributed by atoms with van der Waals surface area (Å²) >= 11 is 0. The summed E-state index contributed by atoms with van der Waals surface area (Å²) in [5.41, 5.74) is 3.43. The quantitative estimate of drug-likeness (QED) is 0.591. The lowest BCUT2D eigenvalue weighted by Gasteiger charge is -2.07. The van der Waals surface area contributed by atoms with Gasteiger partial charge in [0.2, 0.25) is 9.84 Å². The lowest BCUT2D eigenvalue weighted by atomic mass is 10.1. The van der Waals surface area contributed by atoms with Crippen LogP contribution < -0.4 is 5.32 Å². The van der Waals surface area contributed by atoms with Crippen molar-refractivity contribution in [2.45, 2.75) is 42.8 Å². The van der Waals surface area contributed by atoms with Crippen molar-refractivity contribution in [3.05, 3.63) is 71.5 Å². The molecule has 31 heavy (non-hydrogen) atoms. The van der Waals surface area contributed by atoms with E-state index in [0.717, 1.165) is 61.2 Å². The third-order valence-electron chi connectivity index (χ3n) is 5.32. The number of carbonyl (C=O) groups excluding carboxylic acids is 1. The molecule has 9 heteroatoms. The van der Waals surface area contributed by atoms with Crippen LogP contribution in [0.25, 0.3) is 5.69 Å². The van der Waals surface area contributed by atoms with Gasteiger partial charge in [0.25, 0.3) is 5.91 Å². The number of hydrogen-bond donors (Lipinski definition) is 1. The van der Waals surface area contributed by atoms with E-state index in [2.05, 4.69) is 10.4 Å². The molecule has 1 heterocycles. The number of alkyl halides is 2. The van der Waals surface area contributed by atoms with Crippen molar-refractivity contribution in [3.8, 4) is 5.69 Å². The maximum absolute atomic E-state index is 13.0. The van der Waals surface area contributed by atoms with Gasteiger partial charge in [-0.3, -0.25) is 4.79 Å². The predicted molar refractivity (Wildman–Crippen MR) is 112 cm³/mol. The molecule has 4 rings (SSSR count). The van der Waals surface area contributed by atoms with E-state index in [1.54, 1.807) is 0 Å². The van der Waals surface area contributed by atoms with Crippen molar-refractivity contribution in [2.24, 2.45) is 0 Å². The predicted octanol–water partition coefficient (Wildman–Crippen LogP) is 4.39. The molecule has 1 N–H and O–H groups in total. The first kappa shape index (κ1) is 21.2. The summed E-state index contributed by atoms with van der Waals surface area (Å²) in [5.74, 6) is -3.91. The van der Waals surface area contributed by atoms with Gasteiger partial charge in [0.1, 0.15) is 0 Å². The highest BCUT2D eigenvalue weighted by Gasteiger charge is 2.27. The minimum Gasteiger partial charge on any atom is -0.321 e. The topological polar surface area (TPSA) is 81.1 Å². The van der Waals surface area contributed by atoms with Gasteiger partial charge in [-0.05, 0) is 62.1 Å². The highest BCUT2D eigenvalue weighted by molar-refractivity contribution is 7.91. The molecule has 0 saturated carbocycles. The molecule has 3 aromatic rings. The van der Waals surface area contributed by atoms with Crippen molar-refractivity contribution in [1.29, 1.82) is 0 Å². The standard InChI is InChI=1S/C22H21F2N3O3S/c23-22(24)31(29,30)17-13-11-15(12-14-17)25-21(28)20-18-9-5-2-6-10-19(18)27(26-20)16-7-3-1-4-8-16/h1,3-4,7-8,11-14,22H,2,5-6,9-10H2,(H,25,28). The van der Waals surface area contributed by atoms with E-state index in [9.17, 15) is 22.0 Å². The Bertz CT molecular complexity index is 1190. The van der Waals surface area contributed by atoms with Gasteiger partial charge in [0, 0.05) is 16.9 Å². The summed E-state index contributed by atoms with van der Waals surface area (Å²) in [6.45, 7) is 0. The maximum Gasteiger partial charge on any atom is 0.341 e. The van der Waals surface area contributed by atoms with Crippen molar-refractivity contribution < 1.29 is 22.0 Å². The Labute approximate surface area is 178 Å². The van der Waals surface area contributed by atoms with E-state index in [1.165, 1.54) is 12.1 Å². The van der Waals surface area contributed by atoms with Gasteiger partial charge in [0.05, 0.1) is 10.6 Å².